The molecule has 358 valence electrons. The van der Waals surface area contributed by atoms with Crippen LogP contribution in [0.5, 0.6) is 0 Å². The molecule has 0 spiro atoms. The maximum Gasteiger partial charge on any atom is 0.249 e. The molecule has 0 aliphatic carbocycles. The van der Waals surface area contributed by atoms with Gasteiger partial charge in [0.2, 0.25) is 5.91 Å². The van der Waals surface area contributed by atoms with Crippen molar-refractivity contribution in [2.24, 2.45) is 0 Å². The van der Waals surface area contributed by atoms with Gasteiger partial charge < -0.3 is 50.5 Å². The lowest BCUT2D eigenvalue weighted by Crippen LogP contribution is -2.60. The third-order valence-corrected chi connectivity index (χ3v) is 11.9. The van der Waals surface area contributed by atoms with Crippen molar-refractivity contribution in [2.75, 3.05) is 13.2 Å². The summed E-state index contributed by atoms with van der Waals surface area (Å²) >= 11 is 0. The zero-order valence-electron chi connectivity index (χ0n) is 38.6. The van der Waals surface area contributed by atoms with Gasteiger partial charge in [-0.3, -0.25) is 4.79 Å². The van der Waals surface area contributed by atoms with Gasteiger partial charge in [0, 0.05) is 0 Å². The van der Waals surface area contributed by atoms with Crippen molar-refractivity contribution in [3.63, 3.8) is 0 Å². The first-order valence-electron chi connectivity index (χ1n) is 24.9. The molecule has 1 rings (SSSR count). The van der Waals surface area contributed by atoms with E-state index in [9.17, 15) is 40.5 Å². The highest BCUT2D eigenvalue weighted by Gasteiger charge is 2.44. The molecule has 0 aromatic carbocycles. The number of carbonyl (C=O) groups is 1. The highest BCUT2D eigenvalue weighted by molar-refractivity contribution is 5.80. The summed E-state index contributed by atoms with van der Waals surface area (Å²) < 4.78 is 11.1. The number of allylic oxidation sites excluding steroid dienone is 6. The highest BCUT2D eigenvalue weighted by atomic mass is 16.7. The van der Waals surface area contributed by atoms with E-state index in [1.54, 1.807) is 0 Å². The normalized spacial score (nSPS) is 21.8. The quantitative estimate of drug-likeness (QED) is 0.0218. The van der Waals surface area contributed by atoms with Crippen molar-refractivity contribution in [2.45, 2.75) is 262 Å². The van der Waals surface area contributed by atoms with Crippen molar-refractivity contribution in [3.8, 4) is 0 Å². The summed E-state index contributed by atoms with van der Waals surface area (Å²) in [7, 11) is 0. The number of aliphatic hydroxyl groups is 7. The minimum absolute atomic E-state index is 0.241. The third kappa shape index (κ3) is 29.4. The van der Waals surface area contributed by atoms with Crippen LogP contribution in [0.3, 0.4) is 0 Å². The Labute approximate surface area is 371 Å². The van der Waals surface area contributed by atoms with Gasteiger partial charge in [0.15, 0.2) is 6.29 Å². The van der Waals surface area contributed by atoms with Crippen molar-refractivity contribution in [1.82, 2.24) is 5.32 Å². The van der Waals surface area contributed by atoms with Crippen LogP contribution in [0.25, 0.3) is 0 Å². The number of hydrogen-bond donors (Lipinski definition) is 8. The number of amides is 1. The SMILES string of the molecule is CCC/C=C/CC/C=C/CC/C=C/CCCC(O)C(O)C(COC1OC(CO)C(O)C(O)C1O)NC(=O)C(O)CCCCCCCCCCCCCCCCCCCCCC. The molecule has 1 saturated heterocycles. The van der Waals surface area contributed by atoms with E-state index in [1.807, 2.05) is 0 Å². The summed E-state index contributed by atoms with van der Waals surface area (Å²) in [6.45, 7) is 3.36. The summed E-state index contributed by atoms with van der Waals surface area (Å²) in [5, 5.41) is 75.7. The topological polar surface area (TPSA) is 189 Å². The van der Waals surface area contributed by atoms with Crippen LogP contribution in [0.15, 0.2) is 36.5 Å². The molecule has 8 N–H and O–H groups in total. The van der Waals surface area contributed by atoms with E-state index in [2.05, 4.69) is 55.6 Å². The van der Waals surface area contributed by atoms with Gasteiger partial charge in [0.1, 0.15) is 36.6 Å². The van der Waals surface area contributed by atoms with Crippen LogP contribution in [0.2, 0.25) is 0 Å². The van der Waals surface area contributed by atoms with Crippen LogP contribution in [-0.2, 0) is 14.3 Å². The third-order valence-electron chi connectivity index (χ3n) is 11.9. The molecule has 1 aliphatic rings. The zero-order valence-corrected chi connectivity index (χ0v) is 38.6. The molecule has 0 saturated carbocycles. The standard InChI is InChI=1S/C50H93NO10/c1-3-5-7-9-11-13-15-17-19-20-21-22-23-24-26-28-30-32-34-36-38-43(54)49(59)51-41(40-60-50-48(58)47(57)46(56)44(39-52)61-50)45(55)42(53)37-35-33-31-29-27-25-18-16-14-12-10-8-6-4-2/h8,10,16,18,29,31,41-48,50,52-58H,3-7,9,11-15,17,19-28,30,32-40H2,1-2H3,(H,51,59)/b10-8+,18-16+,31-29+. The lowest BCUT2D eigenvalue weighted by molar-refractivity contribution is -0.303. The predicted octanol–water partition coefficient (Wildman–Crippen LogP) is 8.78. The van der Waals surface area contributed by atoms with Crippen LogP contribution in [-0.4, -0.2) is 110 Å². The Kier molecular flexibility index (Phi) is 37.5. The smallest absolute Gasteiger partial charge is 0.249 e. The van der Waals surface area contributed by atoms with Gasteiger partial charge in [-0.1, -0.05) is 185 Å². The molecule has 0 aromatic heterocycles. The number of unbranched alkanes of at least 4 members (excludes halogenated alkanes) is 23. The summed E-state index contributed by atoms with van der Waals surface area (Å²) in [4.78, 5) is 13.1. The Morgan fingerprint density at radius 2 is 1.00 bits per heavy atom. The molecule has 0 aromatic rings. The van der Waals surface area contributed by atoms with E-state index in [1.165, 1.54) is 109 Å². The molecule has 9 unspecified atom stereocenters. The van der Waals surface area contributed by atoms with E-state index >= 15 is 0 Å². The van der Waals surface area contributed by atoms with E-state index in [-0.39, 0.29) is 12.8 Å². The fourth-order valence-corrected chi connectivity index (χ4v) is 7.77. The van der Waals surface area contributed by atoms with Gasteiger partial charge >= 0.3 is 0 Å². The summed E-state index contributed by atoms with van der Waals surface area (Å²) in [6, 6.07) is -1.19. The minimum atomic E-state index is -1.67. The monoisotopic (exact) mass is 868 g/mol. The van der Waals surface area contributed by atoms with Gasteiger partial charge in [0.05, 0.1) is 25.4 Å². The number of ether oxygens (including phenoxy) is 2. The first kappa shape index (κ1) is 57.3. The fourth-order valence-electron chi connectivity index (χ4n) is 7.77. The predicted molar refractivity (Wildman–Crippen MR) is 247 cm³/mol. The Hall–Kier alpha value is -1.67. The fraction of sp³-hybridized carbons (Fsp3) is 0.860. The van der Waals surface area contributed by atoms with E-state index in [0.717, 1.165) is 51.4 Å². The Morgan fingerprint density at radius 1 is 0.557 bits per heavy atom. The maximum absolute atomic E-state index is 13.1. The van der Waals surface area contributed by atoms with Gasteiger partial charge in [-0.25, -0.2) is 0 Å². The summed E-state index contributed by atoms with van der Waals surface area (Å²) in [5.41, 5.74) is 0. The Morgan fingerprint density at radius 3 is 1.46 bits per heavy atom. The van der Waals surface area contributed by atoms with Gasteiger partial charge in [-0.15, -0.1) is 0 Å². The Balaban J connectivity index is 2.41. The number of aliphatic hydroxyl groups excluding tert-OH is 7. The number of carbonyl (C=O) groups excluding carboxylic acids is 1. The molecule has 1 amide bonds. The number of hydrogen-bond acceptors (Lipinski definition) is 10. The average molecular weight is 868 g/mol. The molecule has 9 atom stereocenters. The summed E-state index contributed by atoms with van der Waals surface area (Å²) in [5.74, 6) is -0.712. The molecule has 61 heavy (non-hydrogen) atoms. The molecule has 11 heteroatoms. The molecule has 0 radical (unpaired) electrons. The molecular formula is C50H93NO10. The van der Waals surface area contributed by atoms with Crippen LogP contribution in [0, 0.1) is 0 Å². The first-order valence-corrected chi connectivity index (χ1v) is 24.9. The number of rotatable bonds is 41. The summed E-state index contributed by atoms with van der Waals surface area (Å²) in [6.07, 6.45) is 34.8. The van der Waals surface area contributed by atoms with Crippen LogP contribution in [0.1, 0.15) is 206 Å². The molecule has 1 heterocycles. The molecule has 0 bridgehead atoms. The lowest BCUT2D eigenvalue weighted by atomic mass is 9.98. The molecule has 1 fully saturated rings. The van der Waals surface area contributed by atoms with Gasteiger partial charge in [0.25, 0.3) is 0 Å². The maximum atomic E-state index is 13.1. The Bertz CT molecular complexity index is 1090. The minimum Gasteiger partial charge on any atom is -0.394 e. The number of nitrogens with one attached hydrogen (secondary N) is 1. The molecule has 11 nitrogen and oxygen atoms in total. The van der Waals surface area contributed by atoms with E-state index in [4.69, 9.17) is 9.47 Å². The second kappa shape index (κ2) is 39.9. The zero-order chi connectivity index (χ0) is 44.8. The van der Waals surface area contributed by atoms with Crippen molar-refractivity contribution >= 4 is 5.91 Å². The van der Waals surface area contributed by atoms with Crippen LogP contribution >= 0.6 is 0 Å². The van der Waals surface area contributed by atoms with Gasteiger partial charge in [-0.2, -0.15) is 0 Å². The second-order valence-corrected chi connectivity index (χ2v) is 17.5. The second-order valence-electron chi connectivity index (χ2n) is 17.5. The van der Waals surface area contributed by atoms with Crippen LogP contribution in [0.4, 0.5) is 0 Å². The van der Waals surface area contributed by atoms with Gasteiger partial charge in [-0.05, 0) is 57.8 Å². The van der Waals surface area contributed by atoms with Crippen molar-refractivity contribution < 1.29 is 50.0 Å². The largest absolute Gasteiger partial charge is 0.394 e. The molecular weight excluding hydrogens is 775 g/mol. The average Bonchev–Trinajstić information content (AvgIpc) is 3.26. The highest BCUT2D eigenvalue weighted by Crippen LogP contribution is 2.23. The van der Waals surface area contributed by atoms with Crippen molar-refractivity contribution in [3.05, 3.63) is 36.5 Å². The van der Waals surface area contributed by atoms with Crippen LogP contribution < -0.4 is 5.32 Å². The van der Waals surface area contributed by atoms with E-state index in [0.29, 0.717) is 19.3 Å². The lowest BCUT2D eigenvalue weighted by Gasteiger charge is -2.40. The van der Waals surface area contributed by atoms with E-state index < -0.39 is 74.2 Å². The van der Waals surface area contributed by atoms with Crippen molar-refractivity contribution in [1.29, 1.82) is 0 Å². The first-order chi connectivity index (χ1) is 29.7. The molecule has 1 aliphatic heterocycles.